The van der Waals surface area contributed by atoms with E-state index in [1.165, 1.54) is 0 Å². The normalized spacial score (nSPS) is 25.7. The topological polar surface area (TPSA) is 138 Å². The molecule has 2 aromatic rings. The maximum absolute atomic E-state index is 12.0. The van der Waals surface area contributed by atoms with Gasteiger partial charge in [0.05, 0.1) is 6.61 Å². The van der Waals surface area contributed by atoms with E-state index < -0.39 is 43.4 Å². The van der Waals surface area contributed by atoms with E-state index in [2.05, 4.69) is 5.32 Å². The van der Waals surface area contributed by atoms with Gasteiger partial charge in [0.1, 0.15) is 36.8 Å². The SMILES string of the molecule is Cc1ccc(NC(=O)OCc2ccc(O[C@@H]3OC(CO)[C@H](O)C(O)[C@@H]3O)c(C)c2)cc1. The second kappa shape index (κ2) is 10.1. The molecule has 0 saturated carbocycles. The Hall–Kier alpha value is -2.69. The smallest absolute Gasteiger partial charge is 0.411 e. The van der Waals surface area contributed by atoms with Crippen molar-refractivity contribution in [1.29, 1.82) is 0 Å². The van der Waals surface area contributed by atoms with Crippen LogP contribution in [-0.2, 0) is 16.1 Å². The van der Waals surface area contributed by atoms with E-state index in [1.807, 2.05) is 19.1 Å². The van der Waals surface area contributed by atoms with Gasteiger partial charge in [-0.25, -0.2) is 4.79 Å². The molecule has 0 radical (unpaired) electrons. The summed E-state index contributed by atoms with van der Waals surface area (Å²) in [5.41, 5.74) is 3.12. The zero-order valence-corrected chi connectivity index (χ0v) is 17.3. The Morgan fingerprint density at radius 3 is 2.39 bits per heavy atom. The Kier molecular flexibility index (Phi) is 7.47. The van der Waals surface area contributed by atoms with E-state index in [1.54, 1.807) is 37.3 Å². The van der Waals surface area contributed by atoms with Gasteiger partial charge in [-0.2, -0.15) is 0 Å². The summed E-state index contributed by atoms with van der Waals surface area (Å²) in [6.45, 7) is 3.22. The summed E-state index contributed by atoms with van der Waals surface area (Å²) in [5, 5.41) is 41.7. The van der Waals surface area contributed by atoms with Crippen molar-refractivity contribution in [3.05, 3.63) is 59.2 Å². The lowest BCUT2D eigenvalue weighted by Crippen LogP contribution is -2.60. The quantitative estimate of drug-likeness (QED) is 0.459. The largest absolute Gasteiger partial charge is 0.462 e. The minimum Gasteiger partial charge on any atom is -0.462 e. The fraction of sp³-hybridized carbons (Fsp3) is 0.409. The third kappa shape index (κ3) is 5.72. The fourth-order valence-corrected chi connectivity index (χ4v) is 3.16. The molecule has 1 aliphatic rings. The van der Waals surface area contributed by atoms with Gasteiger partial charge in [0.15, 0.2) is 0 Å². The van der Waals surface area contributed by atoms with Gasteiger partial charge in [0, 0.05) is 5.69 Å². The van der Waals surface area contributed by atoms with Crippen molar-refractivity contribution in [3.63, 3.8) is 0 Å². The lowest BCUT2D eigenvalue weighted by atomic mass is 9.99. The summed E-state index contributed by atoms with van der Waals surface area (Å²) in [5.74, 6) is 0.372. The first kappa shape index (κ1) is 23.0. The lowest BCUT2D eigenvalue weighted by Gasteiger charge is -2.39. The molecule has 1 fully saturated rings. The van der Waals surface area contributed by atoms with Gasteiger partial charge in [-0.05, 0) is 49.2 Å². The average molecular weight is 433 g/mol. The molecule has 1 aliphatic heterocycles. The van der Waals surface area contributed by atoms with Crippen LogP contribution in [0.3, 0.4) is 0 Å². The molecule has 5 atom stereocenters. The van der Waals surface area contributed by atoms with Crippen molar-refractivity contribution < 1.29 is 39.4 Å². The summed E-state index contributed by atoms with van der Waals surface area (Å²) in [6.07, 6.45) is -7.36. The molecule has 0 bridgehead atoms. The summed E-state index contributed by atoms with van der Waals surface area (Å²) < 4.78 is 16.2. The van der Waals surface area contributed by atoms with E-state index in [0.717, 1.165) is 11.1 Å². The predicted octanol–water partition coefficient (Wildman–Crippen LogP) is 1.23. The van der Waals surface area contributed by atoms with Crippen molar-refractivity contribution >= 4 is 11.8 Å². The molecule has 2 unspecified atom stereocenters. The van der Waals surface area contributed by atoms with Gasteiger partial charge in [-0.3, -0.25) is 5.32 Å². The highest BCUT2D eigenvalue weighted by atomic mass is 16.7. The molecule has 1 heterocycles. The minimum absolute atomic E-state index is 0.0405. The summed E-state index contributed by atoms with van der Waals surface area (Å²) in [7, 11) is 0. The summed E-state index contributed by atoms with van der Waals surface area (Å²) in [4.78, 5) is 12.0. The van der Waals surface area contributed by atoms with Crippen molar-refractivity contribution in [2.45, 2.75) is 51.2 Å². The number of rotatable bonds is 6. The fourth-order valence-electron chi connectivity index (χ4n) is 3.16. The molecule has 168 valence electrons. The van der Waals surface area contributed by atoms with E-state index >= 15 is 0 Å². The van der Waals surface area contributed by atoms with Crippen molar-refractivity contribution in [2.24, 2.45) is 0 Å². The highest BCUT2D eigenvalue weighted by molar-refractivity contribution is 5.84. The van der Waals surface area contributed by atoms with Crippen LogP contribution in [0, 0.1) is 13.8 Å². The summed E-state index contributed by atoms with van der Waals surface area (Å²) in [6, 6.07) is 12.4. The number of anilines is 1. The Morgan fingerprint density at radius 1 is 1.03 bits per heavy atom. The van der Waals surface area contributed by atoms with Crippen molar-refractivity contribution in [3.8, 4) is 5.75 Å². The maximum atomic E-state index is 12.0. The first-order valence-electron chi connectivity index (χ1n) is 9.85. The molecule has 2 aromatic carbocycles. The Bertz CT molecular complexity index is 886. The van der Waals surface area contributed by atoms with E-state index in [4.69, 9.17) is 14.2 Å². The highest BCUT2D eigenvalue weighted by Crippen LogP contribution is 2.27. The average Bonchev–Trinajstić information content (AvgIpc) is 2.75. The zero-order valence-electron chi connectivity index (χ0n) is 17.3. The van der Waals surface area contributed by atoms with Crippen LogP contribution >= 0.6 is 0 Å². The van der Waals surface area contributed by atoms with Crippen molar-refractivity contribution in [1.82, 2.24) is 0 Å². The number of amides is 1. The molecule has 3 rings (SSSR count). The molecule has 5 N–H and O–H groups in total. The Labute approximate surface area is 179 Å². The standard InChI is InChI=1S/C22H27NO8/c1-12-3-6-15(7-4-12)23-22(28)29-11-14-5-8-16(13(2)9-14)30-21-20(27)19(26)18(25)17(10-24)31-21/h3-9,17-21,24-27H,10-11H2,1-2H3,(H,23,28)/t17?,18-,19?,20-,21+/m0/s1. The third-order valence-corrected chi connectivity index (χ3v) is 5.00. The minimum atomic E-state index is -1.52. The van der Waals surface area contributed by atoms with Crippen LogP contribution in [0.5, 0.6) is 5.75 Å². The number of aliphatic hydroxyl groups is 4. The molecule has 1 amide bonds. The van der Waals surface area contributed by atoms with Gasteiger partial charge in [0.2, 0.25) is 6.29 Å². The number of ether oxygens (including phenoxy) is 3. The number of benzene rings is 2. The van der Waals surface area contributed by atoms with Crippen LogP contribution in [0.1, 0.15) is 16.7 Å². The lowest BCUT2D eigenvalue weighted by molar-refractivity contribution is -0.277. The molecule has 31 heavy (non-hydrogen) atoms. The molecule has 0 spiro atoms. The zero-order chi connectivity index (χ0) is 22.5. The molecular formula is C22H27NO8. The first-order valence-corrected chi connectivity index (χ1v) is 9.85. The maximum Gasteiger partial charge on any atom is 0.411 e. The van der Waals surface area contributed by atoms with Crippen LogP contribution in [0.25, 0.3) is 0 Å². The number of nitrogens with one attached hydrogen (secondary N) is 1. The molecule has 9 nitrogen and oxygen atoms in total. The Morgan fingerprint density at radius 2 is 1.74 bits per heavy atom. The second-order valence-electron chi connectivity index (χ2n) is 7.48. The van der Waals surface area contributed by atoms with Crippen LogP contribution in [0.15, 0.2) is 42.5 Å². The van der Waals surface area contributed by atoms with Crippen LogP contribution < -0.4 is 10.1 Å². The third-order valence-electron chi connectivity index (χ3n) is 5.00. The molecule has 0 aromatic heterocycles. The molecule has 0 aliphatic carbocycles. The van der Waals surface area contributed by atoms with Crippen LogP contribution in [0.2, 0.25) is 0 Å². The van der Waals surface area contributed by atoms with E-state index in [9.17, 15) is 25.2 Å². The number of carbonyl (C=O) groups is 1. The van der Waals surface area contributed by atoms with Gasteiger partial charge in [0.25, 0.3) is 0 Å². The van der Waals surface area contributed by atoms with Crippen LogP contribution in [-0.4, -0.2) is 63.8 Å². The predicted molar refractivity (Wildman–Crippen MR) is 111 cm³/mol. The summed E-state index contributed by atoms with van der Waals surface area (Å²) >= 11 is 0. The molecule has 9 heteroatoms. The van der Waals surface area contributed by atoms with E-state index in [-0.39, 0.29) is 6.61 Å². The molecule has 1 saturated heterocycles. The molecular weight excluding hydrogens is 406 g/mol. The Balaban J connectivity index is 1.57. The van der Waals surface area contributed by atoms with Gasteiger partial charge >= 0.3 is 6.09 Å². The van der Waals surface area contributed by atoms with Crippen molar-refractivity contribution in [2.75, 3.05) is 11.9 Å². The number of hydrogen-bond acceptors (Lipinski definition) is 8. The number of hydrogen-bond donors (Lipinski definition) is 5. The van der Waals surface area contributed by atoms with Gasteiger partial charge in [-0.1, -0.05) is 23.8 Å². The number of aryl methyl sites for hydroxylation is 2. The second-order valence-corrected chi connectivity index (χ2v) is 7.48. The number of aliphatic hydroxyl groups excluding tert-OH is 4. The monoisotopic (exact) mass is 433 g/mol. The van der Waals surface area contributed by atoms with E-state index in [0.29, 0.717) is 17.0 Å². The van der Waals surface area contributed by atoms with Gasteiger partial charge < -0.3 is 34.6 Å². The highest BCUT2D eigenvalue weighted by Gasteiger charge is 2.44. The first-order chi connectivity index (χ1) is 14.8. The van der Waals surface area contributed by atoms with Crippen LogP contribution in [0.4, 0.5) is 10.5 Å². The van der Waals surface area contributed by atoms with Gasteiger partial charge in [-0.15, -0.1) is 0 Å². The number of carbonyl (C=O) groups excluding carboxylic acids is 1.